The molecule has 0 saturated heterocycles. The van der Waals surface area contributed by atoms with Crippen molar-refractivity contribution in [3.63, 3.8) is 0 Å². The van der Waals surface area contributed by atoms with Gasteiger partial charge in [0, 0.05) is 40.0 Å². The molecule has 2 amide bonds. The van der Waals surface area contributed by atoms with Crippen LogP contribution in [0, 0.1) is 13.8 Å². The number of esters is 1. The molecule has 254 valence electrons. The predicted molar refractivity (Wildman–Crippen MR) is 202 cm³/mol. The SMILES string of the molecule is CCOC(=O)CCCOc1cc(C)c(N2C(=O)c3cccc4c(-c5ccc(N(c6ccccc6)c6ccccc6)cc5)ccc(c34)C2=O)c(C)c1. The third kappa shape index (κ3) is 6.46. The Morgan fingerprint density at radius 3 is 1.84 bits per heavy atom. The Morgan fingerprint density at radius 2 is 1.24 bits per heavy atom. The summed E-state index contributed by atoms with van der Waals surface area (Å²) in [6.45, 7) is 6.22. The number of carbonyl (C=O) groups excluding carboxylic acids is 3. The van der Waals surface area contributed by atoms with Crippen molar-refractivity contribution >= 4 is 51.3 Å². The van der Waals surface area contributed by atoms with Crippen LogP contribution in [0.4, 0.5) is 22.7 Å². The first kappa shape index (κ1) is 33.3. The Hall–Kier alpha value is -6.21. The molecule has 0 aromatic heterocycles. The minimum absolute atomic E-state index is 0.250. The maximum Gasteiger partial charge on any atom is 0.305 e. The predicted octanol–water partition coefficient (Wildman–Crippen LogP) is 10.1. The minimum Gasteiger partial charge on any atom is -0.494 e. The van der Waals surface area contributed by atoms with E-state index in [1.54, 1.807) is 13.0 Å². The van der Waals surface area contributed by atoms with Crippen LogP contribution in [-0.4, -0.2) is 31.0 Å². The Balaban J connectivity index is 1.19. The zero-order valence-corrected chi connectivity index (χ0v) is 28.9. The molecule has 0 N–H and O–H groups in total. The van der Waals surface area contributed by atoms with Crippen molar-refractivity contribution in [3.05, 3.63) is 150 Å². The summed E-state index contributed by atoms with van der Waals surface area (Å²) < 4.78 is 10.9. The number of amides is 2. The van der Waals surface area contributed by atoms with Crippen LogP contribution < -0.4 is 14.5 Å². The zero-order valence-electron chi connectivity index (χ0n) is 28.9. The first-order chi connectivity index (χ1) is 24.9. The number of carbonyl (C=O) groups is 3. The molecule has 1 aliphatic heterocycles. The molecule has 7 nitrogen and oxygen atoms in total. The molecule has 0 radical (unpaired) electrons. The van der Waals surface area contributed by atoms with E-state index in [0.29, 0.717) is 47.6 Å². The van der Waals surface area contributed by atoms with Gasteiger partial charge in [0.25, 0.3) is 11.8 Å². The van der Waals surface area contributed by atoms with E-state index in [1.807, 2.05) is 86.6 Å². The number of benzene rings is 6. The zero-order chi connectivity index (χ0) is 35.5. The molecule has 0 saturated carbocycles. The molecule has 7 heteroatoms. The first-order valence-electron chi connectivity index (χ1n) is 17.2. The molecule has 6 aromatic carbocycles. The lowest BCUT2D eigenvalue weighted by atomic mass is 9.88. The summed E-state index contributed by atoms with van der Waals surface area (Å²) in [5, 5.41) is 1.51. The van der Waals surface area contributed by atoms with E-state index in [1.165, 1.54) is 4.90 Å². The molecule has 1 aliphatic rings. The maximum atomic E-state index is 14.2. The Labute approximate surface area is 297 Å². The smallest absolute Gasteiger partial charge is 0.305 e. The monoisotopic (exact) mass is 674 g/mol. The second-order valence-electron chi connectivity index (χ2n) is 12.6. The van der Waals surface area contributed by atoms with Crippen LogP contribution in [0.3, 0.4) is 0 Å². The summed E-state index contributed by atoms with van der Waals surface area (Å²) in [6, 6.07) is 42.0. The topological polar surface area (TPSA) is 76.2 Å². The standard InChI is InChI=1S/C44H38N2O5/c1-4-50-40(47)19-12-26-51-35-27-29(2)42(30(3)28-35)46-43(48)38-18-11-17-37-36(24-25-39(41(37)38)44(46)49)31-20-22-34(23-21-31)45(32-13-7-5-8-14-32)33-15-9-6-10-16-33/h5-11,13-18,20-25,27-28H,4,12,19,26H2,1-3H3. The quantitative estimate of drug-likeness (QED) is 0.0774. The third-order valence-electron chi connectivity index (χ3n) is 9.16. The van der Waals surface area contributed by atoms with Gasteiger partial charge >= 0.3 is 5.97 Å². The molecule has 0 bridgehead atoms. The third-order valence-corrected chi connectivity index (χ3v) is 9.16. The minimum atomic E-state index is -0.360. The van der Waals surface area contributed by atoms with Crippen LogP contribution >= 0.6 is 0 Å². The van der Waals surface area contributed by atoms with Crippen LogP contribution in [0.25, 0.3) is 21.9 Å². The molecule has 7 rings (SSSR count). The molecule has 1 heterocycles. The van der Waals surface area contributed by atoms with Gasteiger partial charge in [-0.25, -0.2) is 4.90 Å². The fourth-order valence-electron chi connectivity index (χ4n) is 6.93. The molecule has 6 aromatic rings. The van der Waals surface area contributed by atoms with Crippen molar-refractivity contribution in [3.8, 4) is 16.9 Å². The fraction of sp³-hybridized carbons (Fsp3) is 0.159. The highest BCUT2D eigenvalue weighted by Crippen LogP contribution is 2.41. The van der Waals surface area contributed by atoms with Gasteiger partial charge in [-0.3, -0.25) is 14.4 Å². The number of para-hydroxylation sites is 2. The van der Waals surface area contributed by atoms with E-state index in [9.17, 15) is 14.4 Å². The molecular formula is C44H38N2O5. The van der Waals surface area contributed by atoms with E-state index >= 15 is 0 Å². The van der Waals surface area contributed by atoms with Crippen molar-refractivity contribution in [1.29, 1.82) is 0 Å². The average Bonchev–Trinajstić information content (AvgIpc) is 3.15. The van der Waals surface area contributed by atoms with Crippen molar-refractivity contribution in [2.24, 2.45) is 0 Å². The summed E-state index contributed by atoms with van der Waals surface area (Å²) in [5.41, 5.74) is 8.04. The number of hydrogen-bond acceptors (Lipinski definition) is 6. The normalized spacial score (nSPS) is 12.3. The Morgan fingerprint density at radius 1 is 0.667 bits per heavy atom. The average molecular weight is 675 g/mol. The maximum absolute atomic E-state index is 14.2. The number of imide groups is 1. The Bertz CT molecular complexity index is 2160. The molecule has 0 atom stereocenters. The summed E-state index contributed by atoms with van der Waals surface area (Å²) in [5.74, 6) is -0.355. The largest absolute Gasteiger partial charge is 0.494 e. The van der Waals surface area contributed by atoms with Gasteiger partial charge in [0.1, 0.15) is 5.75 Å². The highest BCUT2D eigenvalue weighted by molar-refractivity contribution is 6.36. The highest BCUT2D eigenvalue weighted by Gasteiger charge is 2.36. The number of anilines is 4. The summed E-state index contributed by atoms with van der Waals surface area (Å²) >= 11 is 0. The van der Waals surface area contributed by atoms with E-state index in [2.05, 4.69) is 53.4 Å². The van der Waals surface area contributed by atoms with E-state index in [0.717, 1.165) is 44.7 Å². The molecule has 0 unspecified atom stereocenters. The Kier molecular flexibility index (Phi) is 9.36. The van der Waals surface area contributed by atoms with Crippen LogP contribution in [0.15, 0.2) is 127 Å². The number of aryl methyl sites for hydroxylation is 2. The lowest BCUT2D eigenvalue weighted by molar-refractivity contribution is -0.143. The van der Waals surface area contributed by atoms with Crippen molar-refractivity contribution in [1.82, 2.24) is 0 Å². The molecule has 0 aliphatic carbocycles. The number of nitrogens with zero attached hydrogens (tertiary/aromatic N) is 2. The fourth-order valence-corrected chi connectivity index (χ4v) is 6.93. The highest BCUT2D eigenvalue weighted by atomic mass is 16.5. The van der Waals surface area contributed by atoms with E-state index in [-0.39, 0.29) is 24.2 Å². The van der Waals surface area contributed by atoms with Gasteiger partial charge in [-0.15, -0.1) is 0 Å². The number of ether oxygens (including phenoxy) is 2. The van der Waals surface area contributed by atoms with Gasteiger partial charge in [0.15, 0.2) is 0 Å². The van der Waals surface area contributed by atoms with Crippen LogP contribution in [0.5, 0.6) is 5.75 Å². The van der Waals surface area contributed by atoms with Gasteiger partial charge in [-0.2, -0.15) is 0 Å². The lowest BCUT2D eigenvalue weighted by Crippen LogP contribution is -2.41. The van der Waals surface area contributed by atoms with Gasteiger partial charge in [0.05, 0.1) is 18.9 Å². The van der Waals surface area contributed by atoms with Crippen LogP contribution in [0.1, 0.15) is 51.6 Å². The number of rotatable bonds is 11. The van der Waals surface area contributed by atoms with Crippen molar-refractivity contribution < 1.29 is 23.9 Å². The van der Waals surface area contributed by atoms with Crippen LogP contribution in [0.2, 0.25) is 0 Å². The second kappa shape index (κ2) is 14.3. The van der Waals surface area contributed by atoms with Gasteiger partial charge in [0.2, 0.25) is 0 Å². The summed E-state index contributed by atoms with van der Waals surface area (Å²) in [4.78, 5) is 43.6. The van der Waals surface area contributed by atoms with Gasteiger partial charge in [-0.05, 0) is 115 Å². The molecule has 0 fully saturated rings. The van der Waals surface area contributed by atoms with Crippen LogP contribution in [-0.2, 0) is 9.53 Å². The van der Waals surface area contributed by atoms with Crippen molar-refractivity contribution in [2.75, 3.05) is 23.0 Å². The van der Waals surface area contributed by atoms with E-state index < -0.39 is 0 Å². The van der Waals surface area contributed by atoms with Gasteiger partial charge in [-0.1, -0.05) is 66.7 Å². The summed E-state index contributed by atoms with van der Waals surface area (Å²) in [6.07, 6.45) is 0.800. The number of hydrogen-bond donors (Lipinski definition) is 0. The molecule has 0 spiro atoms. The second-order valence-corrected chi connectivity index (χ2v) is 12.6. The van der Waals surface area contributed by atoms with Gasteiger partial charge < -0.3 is 14.4 Å². The van der Waals surface area contributed by atoms with E-state index in [4.69, 9.17) is 9.47 Å². The summed E-state index contributed by atoms with van der Waals surface area (Å²) in [7, 11) is 0. The molecule has 51 heavy (non-hydrogen) atoms. The molecular weight excluding hydrogens is 636 g/mol. The first-order valence-corrected chi connectivity index (χ1v) is 17.2. The lowest BCUT2D eigenvalue weighted by Gasteiger charge is -2.30. The van der Waals surface area contributed by atoms with Crippen molar-refractivity contribution in [2.45, 2.75) is 33.6 Å².